The van der Waals surface area contributed by atoms with Crippen LogP contribution in [0.25, 0.3) is 10.9 Å². The van der Waals surface area contributed by atoms with E-state index < -0.39 is 22.9 Å². The van der Waals surface area contributed by atoms with Gasteiger partial charge in [0.2, 0.25) is 0 Å². The molecule has 4 rings (SSSR count). The molecule has 0 aliphatic rings. The Morgan fingerprint density at radius 3 is 2.22 bits per heavy atom. The van der Waals surface area contributed by atoms with Gasteiger partial charge in [0.25, 0.3) is 10.9 Å². The maximum atomic E-state index is 12.7. The lowest BCUT2D eigenvalue weighted by Crippen LogP contribution is -2.46. The van der Waals surface area contributed by atoms with Gasteiger partial charge in [0.05, 0.1) is 39.6 Å². The van der Waals surface area contributed by atoms with Crippen LogP contribution in [0.15, 0.2) is 46.2 Å². The fourth-order valence-electron chi connectivity index (χ4n) is 4.68. The number of carbonyl (C=O) groups is 1. The number of ether oxygens (including phenoxy) is 4. The molecule has 0 spiro atoms. The average Bonchev–Trinajstić information content (AvgIpc) is 3.01. The Labute approximate surface area is 236 Å². The molecule has 1 heterocycles. The third kappa shape index (κ3) is 5.72. The first-order valence-corrected chi connectivity index (χ1v) is 13.0. The number of esters is 1. The summed E-state index contributed by atoms with van der Waals surface area (Å²) >= 11 is 0. The number of fused-ring (bicyclic) bond motifs is 1. The van der Waals surface area contributed by atoms with Crippen molar-refractivity contribution in [3.63, 3.8) is 0 Å². The number of rotatable bonds is 13. The maximum absolute atomic E-state index is 12.7. The first-order valence-electron chi connectivity index (χ1n) is 13.0. The first kappa shape index (κ1) is 29.1. The van der Waals surface area contributed by atoms with Crippen LogP contribution in [0.4, 0.5) is 22.9 Å². The van der Waals surface area contributed by atoms with Crippen molar-refractivity contribution < 1.29 is 23.7 Å². The predicted octanol–water partition coefficient (Wildman–Crippen LogP) is 3.04. The fraction of sp³-hybridized carbons (Fsp3) is 0.345. The van der Waals surface area contributed by atoms with Gasteiger partial charge in [0.1, 0.15) is 35.3 Å². The molecule has 0 saturated carbocycles. The molecule has 12 heteroatoms. The number of benzene rings is 2. The Hall–Kier alpha value is -4.87. The van der Waals surface area contributed by atoms with Crippen molar-refractivity contribution in [1.29, 1.82) is 0 Å². The summed E-state index contributed by atoms with van der Waals surface area (Å²) in [5.74, 6) is 1.54. The van der Waals surface area contributed by atoms with Gasteiger partial charge in [-0.1, -0.05) is 6.07 Å². The van der Waals surface area contributed by atoms with E-state index in [4.69, 9.17) is 18.9 Å². The highest BCUT2D eigenvalue weighted by atomic mass is 16.5. The van der Waals surface area contributed by atoms with E-state index in [-0.39, 0.29) is 17.8 Å². The molecule has 12 nitrogen and oxygen atoms in total. The van der Waals surface area contributed by atoms with Gasteiger partial charge in [0, 0.05) is 31.0 Å². The van der Waals surface area contributed by atoms with E-state index in [0.717, 1.165) is 5.56 Å². The van der Waals surface area contributed by atoms with Crippen molar-refractivity contribution in [2.24, 2.45) is 0 Å². The number of carbonyl (C=O) groups excluding carboxylic acids is 1. The molecule has 41 heavy (non-hydrogen) atoms. The van der Waals surface area contributed by atoms with Crippen LogP contribution in [0.1, 0.15) is 19.4 Å². The molecular weight excluding hydrogens is 530 g/mol. The molecule has 0 amide bonds. The van der Waals surface area contributed by atoms with E-state index in [1.54, 1.807) is 43.4 Å². The quantitative estimate of drug-likeness (QED) is 0.182. The zero-order valence-corrected chi connectivity index (χ0v) is 23.9. The number of aromatic nitrogens is 2. The second-order valence-corrected chi connectivity index (χ2v) is 9.08. The van der Waals surface area contributed by atoms with Gasteiger partial charge in [-0.3, -0.25) is 9.59 Å². The molecule has 3 aromatic carbocycles. The molecule has 2 N–H and O–H groups in total. The monoisotopic (exact) mass is 563 g/mol. The lowest BCUT2D eigenvalue weighted by Gasteiger charge is -2.27. The van der Waals surface area contributed by atoms with Crippen LogP contribution in [0.5, 0.6) is 17.2 Å². The van der Waals surface area contributed by atoms with Crippen LogP contribution >= 0.6 is 0 Å². The Morgan fingerprint density at radius 1 is 0.902 bits per heavy atom. The van der Waals surface area contributed by atoms with Crippen molar-refractivity contribution in [3.05, 3.63) is 62.7 Å². The average molecular weight is 564 g/mol. The molecule has 0 aliphatic carbocycles. The molecule has 1 aromatic heterocycles. The largest absolute Gasteiger partial charge is 0.495 e. The second kappa shape index (κ2) is 12.5. The van der Waals surface area contributed by atoms with Crippen molar-refractivity contribution in [2.45, 2.75) is 26.3 Å². The van der Waals surface area contributed by atoms with Crippen molar-refractivity contribution in [1.82, 2.24) is 9.97 Å². The zero-order valence-electron chi connectivity index (χ0n) is 23.9. The van der Waals surface area contributed by atoms with E-state index in [1.807, 2.05) is 19.9 Å². The molecule has 0 saturated heterocycles. The fourth-order valence-corrected chi connectivity index (χ4v) is 4.68. The summed E-state index contributed by atoms with van der Waals surface area (Å²) in [6, 6.07) is 8.05. The third-order valence-electron chi connectivity index (χ3n) is 6.87. The van der Waals surface area contributed by atoms with E-state index in [2.05, 4.69) is 20.6 Å². The molecule has 1 atom stereocenters. The highest BCUT2D eigenvalue weighted by molar-refractivity contribution is 5.93. The molecule has 0 radical (unpaired) electrons. The van der Waals surface area contributed by atoms with Crippen LogP contribution in [0.3, 0.4) is 0 Å². The van der Waals surface area contributed by atoms with E-state index >= 15 is 0 Å². The van der Waals surface area contributed by atoms with Crippen molar-refractivity contribution in [2.75, 3.05) is 57.1 Å². The van der Waals surface area contributed by atoms with Crippen molar-refractivity contribution in [3.8, 4) is 17.2 Å². The molecule has 0 fully saturated rings. The van der Waals surface area contributed by atoms with Crippen LogP contribution in [-0.4, -0.2) is 63.5 Å². The number of anilines is 4. The SMILES string of the molecule is CCN(CC)c1c(NC(Cc2ccc(Nc3ncnc4cc(OC)c(OC)cc34)c(OC)c2)C(=O)OC)c(=O)c1=O. The van der Waals surface area contributed by atoms with Gasteiger partial charge < -0.3 is 34.5 Å². The van der Waals surface area contributed by atoms with Gasteiger partial charge in [-0.2, -0.15) is 0 Å². The zero-order chi connectivity index (χ0) is 29.7. The van der Waals surface area contributed by atoms with Gasteiger partial charge in [0.15, 0.2) is 11.5 Å². The number of hydrogen-bond acceptors (Lipinski definition) is 12. The number of nitrogens with one attached hydrogen (secondary N) is 2. The summed E-state index contributed by atoms with van der Waals surface area (Å²) in [5.41, 5.74) is 1.22. The Morgan fingerprint density at radius 2 is 1.59 bits per heavy atom. The van der Waals surface area contributed by atoms with Gasteiger partial charge in [-0.15, -0.1) is 0 Å². The lowest BCUT2D eigenvalue weighted by atomic mass is 10.0. The van der Waals surface area contributed by atoms with Gasteiger partial charge >= 0.3 is 5.97 Å². The molecule has 4 aromatic rings. The Kier molecular flexibility index (Phi) is 8.91. The second-order valence-electron chi connectivity index (χ2n) is 9.08. The van der Waals surface area contributed by atoms with Crippen LogP contribution in [-0.2, 0) is 16.0 Å². The number of hydrogen-bond donors (Lipinski definition) is 2. The minimum Gasteiger partial charge on any atom is -0.495 e. The summed E-state index contributed by atoms with van der Waals surface area (Å²) in [6.07, 6.45) is 1.62. The van der Waals surface area contributed by atoms with Crippen LogP contribution < -0.4 is 40.6 Å². The smallest absolute Gasteiger partial charge is 0.328 e. The molecular formula is C29H33N5O7. The maximum Gasteiger partial charge on any atom is 0.328 e. The summed E-state index contributed by atoms with van der Waals surface area (Å²) in [4.78, 5) is 47.9. The number of nitrogens with zero attached hydrogens (tertiary/aromatic N) is 3. The van der Waals surface area contributed by atoms with Gasteiger partial charge in [-0.05, 0) is 37.6 Å². The summed E-state index contributed by atoms with van der Waals surface area (Å²) in [5, 5.41) is 6.96. The standard InChI is InChI=1S/C29H33N5O7/c1-7-34(8-2)25-24(26(35)27(25)36)32-20(29(37)41-6)11-16-9-10-18(21(12-16)38-3)33-28-17-13-22(39-4)23(40-5)14-19(17)30-15-31-28/h9-10,12-15,20,32H,7-8,11H2,1-6H3,(H,30,31,33). The van der Waals surface area contributed by atoms with Crippen LogP contribution in [0.2, 0.25) is 0 Å². The van der Waals surface area contributed by atoms with Crippen molar-refractivity contribution >= 4 is 39.8 Å². The van der Waals surface area contributed by atoms with E-state index in [1.165, 1.54) is 20.5 Å². The Balaban J connectivity index is 1.62. The minimum absolute atomic E-state index is 0.127. The molecule has 0 bridgehead atoms. The summed E-state index contributed by atoms with van der Waals surface area (Å²) in [7, 11) is 5.92. The third-order valence-corrected chi connectivity index (χ3v) is 6.87. The molecule has 216 valence electrons. The topological polar surface area (TPSA) is 141 Å². The summed E-state index contributed by atoms with van der Waals surface area (Å²) in [6.45, 7) is 4.88. The van der Waals surface area contributed by atoms with Gasteiger partial charge in [-0.25, -0.2) is 14.8 Å². The molecule has 0 aliphatic heterocycles. The highest BCUT2D eigenvalue weighted by Crippen LogP contribution is 2.36. The predicted molar refractivity (Wildman–Crippen MR) is 157 cm³/mol. The summed E-state index contributed by atoms with van der Waals surface area (Å²) < 4.78 is 21.4. The minimum atomic E-state index is -0.908. The Bertz CT molecular complexity index is 1630. The van der Waals surface area contributed by atoms with E-state index in [0.29, 0.717) is 52.7 Å². The lowest BCUT2D eigenvalue weighted by molar-refractivity contribution is -0.141. The number of methoxy groups -OCH3 is 4. The molecule has 1 unspecified atom stereocenters. The normalized spacial score (nSPS) is 11.7. The van der Waals surface area contributed by atoms with Crippen LogP contribution in [0, 0.1) is 0 Å². The highest BCUT2D eigenvalue weighted by Gasteiger charge is 2.29. The van der Waals surface area contributed by atoms with E-state index in [9.17, 15) is 14.4 Å². The first-order chi connectivity index (χ1) is 19.8.